The van der Waals surface area contributed by atoms with E-state index < -0.39 is 0 Å². The minimum atomic E-state index is -0.371. The van der Waals surface area contributed by atoms with Crippen molar-refractivity contribution in [2.45, 2.75) is 32.1 Å². The van der Waals surface area contributed by atoms with E-state index in [-0.39, 0.29) is 5.91 Å². The third-order valence-electron chi connectivity index (χ3n) is 3.49. The molecule has 0 unspecified atom stereocenters. The summed E-state index contributed by atoms with van der Waals surface area (Å²) >= 11 is 0. The zero-order chi connectivity index (χ0) is 12.1. The summed E-state index contributed by atoms with van der Waals surface area (Å²) in [6, 6.07) is 7.38. The Morgan fingerprint density at radius 3 is 2.41 bits per heavy atom. The van der Waals surface area contributed by atoms with E-state index in [2.05, 4.69) is 5.32 Å². The Bertz CT molecular complexity index is 366. The molecular weight excluding hydrogens is 212 g/mol. The smallest absolute Gasteiger partial charge is 0.248 e. The van der Waals surface area contributed by atoms with Crippen LogP contribution in [0.2, 0.25) is 0 Å². The number of benzene rings is 1. The molecule has 0 saturated heterocycles. The lowest BCUT2D eigenvalue weighted by atomic mass is 9.89. The molecule has 3 nitrogen and oxygen atoms in total. The molecule has 1 aromatic rings. The largest absolute Gasteiger partial charge is 0.385 e. The predicted octanol–water partition coefficient (Wildman–Crippen LogP) is 2.78. The zero-order valence-electron chi connectivity index (χ0n) is 10.1. The highest BCUT2D eigenvalue weighted by molar-refractivity contribution is 5.93. The van der Waals surface area contributed by atoms with Crippen LogP contribution in [0.3, 0.4) is 0 Å². The van der Waals surface area contributed by atoms with Crippen molar-refractivity contribution in [3.63, 3.8) is 0 Å². The molecule has 0 spiro atoms. The standard InChI is InChI=1S/C14H20N2O/c15-14(17)12-6-8-13(9-7-12)16-10-11-4-2-1-3-5-11/h6-9,11,16H,1-5,10H2,(H2,15,17). The molecule has 2 rings (SSSR count). The first-order valence-electron chi connectivity index (χ1n) is 6.39. The van der Waals surface area contributed by atoms with Gasteiger partial charge in [0.25, 0.3) is 0 Å². The summed E-state index contributed by atoms with van der Waals surface area (Å²) in [5.74, 6) is 0.434. The van der Waals surface area contributed by atoms with Gasteiger partial charge < -0.3 is 11.1 Å². The highest BCUT2D eigenvalue weighted by Crippen LogP contribution is 2.24. The van der Waals surface area contributed by atoms with E-state index >= 15 is 0 Å². The van der Waals surface area contributed by atoms with Gasteiger partial charge in [-0.3, -0.25) is 4.79 Å². The van der Waals surface area contributed by atoms with Gasteiger partial charge in [-0.15, -0.1) is 0 Å². The highest BCUT2D eigenvalue weighted by Gasteiger charge is 2.12. The van der Waals surface area contributed by atoms with Crippen molar-refractivity contribution in [2.75, 3.05) is 11.9 Å². The van der Waals surface area contributed by atoms with E-state index in [0.717, 1.165) is 18.2 Å². The number of nitrogens with one attached hydrogen (secondary N) is 1. The molecule has 3 N–H and O–H groups in total. The fourth-order valence-electron chi connectivity index (χ4n) is 2.41. The Morgan fingerprint density at radius 2 is 1.82 bits per heavy atom. The summed E-state index contributed by atoms with van der Waals surface area (Å²) in [4.78, 5) is 10.9. The van der Waals surface area contributed by atoms with Gasteiger partial charge in [0.1, 0.15) is 0 Å². The van der Waals surface area contributed by atoms with E-state index in [4.69, 9.17) is 5.73 Å². The molecule has 1 aliphatic carbocycles. The number of anilines is 1. The van der Waals surface area contributed by atoms with Crippen molar-refractivity contribution in [3.05, 3.63) is 29.8 Å². The van der Waals surface area contributed by atoms with E-state index in [1.807, 2.05) is 12.1 Å². The van der Waals surface area contributed by atoms with Crippen LogP contribution in [0.1, 0.15) is 42.5 Å². The summed E-state index contributed by atoms with van der Waals surface area (Å²) in [7, 11) is 0. The lowest BCUT2D eigenvalue weighted by Crippen LogP contribution is -2.17. The van der Waals surface area contributed by atoms with Crippen LogP contribution < -0.4 is 11.1 Å². The Hall–Kier alpha value is -1.51. The normalized spacial score (nSPS) is 16.7. The van der Waals surface area contributed by atoms with Crippen molar-refractivity contribution < 1.29 is 4.79 Å². The van der Waals surface area contributed by atoms with Crippen molar-refractivity contribution in [1.82, 2.24) is 0 Å². The number of hydrogen-bond acceptors (Lipinski definition) is 2. The maximum absolute atomic E-state index is 10.9. The third-order valence-corrected chi connectivity index (χ3v) is 3.49. The lowest BCUT2D eigenvalue weighted by Gasteiger charge is -2.22. The molecule has 0 heterocycles. The quantitative estimate of drug-likeness (QED) is 0.838. The topological polar surface area (TPSA) is 55.1 Å². The van der Waals surface area contributed by atoms with Crippen molar-refractivity contribution in [2.24, 2.45) is 11.7 Å². The third kappa shape index (κ3) is 3.48. The maximum Gasteiger partial charge on any atom is 0.248 e. The van der Waals surface area contributed by atoms with Crippen LogP contribution in [-0.2, 0) is 0 Å². The molecule has 0 bridgehead atoms. The summed E-state index contributed by atoms with van der Waals surface area (Å²) < 4.78 is 0. The van der Waals surface area contributed by atoms with Crippen LogP contribution in [0, 0.1) is 5.92 Å². The molecule has 1 saturated carbocycles. The molecule has 1 fully saturated rings. The molecular formula is C14H20N2O. The maximum atomic E-state index is 10.9. The van der Waals surface area contributed by atoms with Gasteiger partial charge in [0.15, 0.2) is 0 Å². The summed E-state index contributed by atoms with van der Waals surface area (Å²) in [6.45, 7) is 1.04. The molecule has 0 atom stereocenters. The number of carbonyl (C=O) groups is 1. The first-order valence-corrected chi connectivity index (χ1v) is 6.39. The van der Waals surface area contributed by atoms with Crippen LogP contribution in [0.25, 0.3) is 0 Å². The predicted molar refractivity (Wildman–Crippen MR) is 70.0 cm³/mol. The molecule has 92 valence electrons. The van der Waals surface area contributed by atoms with Crippen molar-refractivity contribution in [3.8, 4) is 0 Å². The minimum absolute atomic E-state index is 0.371. The summed E-state index contributed by atoms with van der Waals surface area (Å²) in [6.07, 6.45) is 6.81. The number of amides is 1. The number of hydrogen-bond donors (Lipinski definition) is 2. The van der Waals surface area contributed by atoms with Crippen molar-refractivity contribution in [1.29, 1.82) is 0 Å². The second kappa shape index (κ2) is 5.71. The zero-order valence-corrected chi connectivity index (χ0v) is 10.1. The Balaban J connectivity index is 1.84. The first kappa shape index (κ1) is 12.0. The van der Waals surface area contributed by atoms with Crippen LogP contribution in [0.5, 0.6) is 0 Å². The molecule has 17 heavy (non-hydrogen) atoms. The fourth-order valence-corrected chi connectivity index (χ4v) is 2.41. The number of primary amides is 1. The van der Waals surface area contributed by atoms with Gasteiger partial charge in [-0.2, -0.15) is 0 Å². The molecule has 0 aromatic heterocycles. The van der Waals surface area contributed by atoms with Gasteiger partial charge in [-0.05, 0) is 43.0 Å². The number of carbonyl (C=O) groups excluding carboxylic acids is 1. The lowest BCUT2D eigenvalue weighted by molar-refractivity contribution is 0.100. The van der Waals surface area contributed by atoms with Gasteiger partial charge in [-0.1, -0.05) is 19.3 Å². The van der Waals surface area contributed by atoms with E-state index in [9.17, 15) is 4.79 Å². The second-order valence-corrected chi connectivity index (χ2v) is 4.83. The average Bonchev–Trinajstić information content (AvgIpc) is 2.38. The van der Waals surface area contributed by atoms with Gasteiger partial charge in [0.05, 0.1) is 0 Å². The highest BCUT2D eigenvalue weighted by atomic mass is 16.1. The monoisotopic (exact) mass is 232 g/mol. The number of nitrogens with two attached hydrogens (primary N) is 1. The summed E-state index contributed by atoms with van der Waals surface area (Å²) in [5.41, 5.74) is 6.83. The van der Waals surface area contributed by atoms with Crippen molar-refractivity contribution >= 4 is 11.6 Å². The average molecular weight is 232 g/mol. The Labute approximate surface area is 102 Å². The van der Waals surface area contributed by atoms with Crippen LogP contribution in [-0.4, -0.2) is 12.5 Å². The van der Waals surface area contributed by atoms with Crippen LogP contribution in [0.4, 0.5) is 5.69 Å². The van der Waals surface area contributed by atoms with Crippen LogP contribution >= 0.6 is 0 Å². The molecule has 0 aliphatic heterocycles. The molecule has 3 heteroatoms. The van der Waals surface area contributed by atoms with E-state index in [1.54, 1.807) is 12.1 Å². The second-order valence-electron chi connectivity index (χ2n) is 4.83. The minimum Gasteiger partial charge on any atom is -0.385 e. The molecule has 1 aliphatic rings. The molecule has 0 radical (unpaired) electrons. The van der Waals surface area contributed by atoms with Gasteiger partial charge >= 0.3 is 0 Å². The van der Waals surface area contributed by atoms with Gasteiger partial charge in [0, 0.05) is 17.8 Å². The molecule has 1 amide bonds. The Morgan fingerprint density at radius 1 is 1.18 bits per heavy atom. The van der Waals surface area contributed by atoms with Gasteiger partial charge in [0.2, 0.25) is 5.91 Å². The first-order chi connectivity index (χ1) is 8.25. The SMILES string of the molecule is NC(=O)c1ccc(NCC2CCCCC2)cc1. The summed E-state index contributed by atoms with van der Waals surface area (Å²) in [5, 5.41) is 3.43. The van der Waals surface area contributed by atoms with E-state index in [0.29, 0.717) is 5.56 Å². The van der Waals surface area contributed by atoms with Gasteiger partial charge in [-0.25, -0.2) is 0 Å². The van der Waals surface area contributed by atoms with E-state index in [1.165, 1.54) is 32.1 Å². The van der Waals surface area contributed by atoms with Crippen LogP contribution in [0.15, 0.2) is 24.3 Å². The fraction of sp³-hybridized carbons (Fsp3) is 0.500. The molecule has 1 aromatic carbocycles. The number of rotatable bonds is 4. The Kier molecular flexibility index (Phi) is 4.02.